The Labute approximate surface area is 103 Å². The zero-order valence-electron chi connectivity index (χ0n) is 12.9. The van der Waals surface area contributed by atoms with Gasteiger partial charge in [0.1, 0.15) is 7.63 Å². The van der Waals surface area contributed by atoms with Crippen molar-refractivity contribution in [2.75, 3.05) is 0 Å². The van der Waals surface area contributed by atoms with Gasteiger partial charge in [0.05, 0.1) is 0 Å². The molecule has 0 aromatic heterocycles. The van der Waals surface area contributed by atoms with E-state index >= 15 is 0 Å². The van der Waals surface area contributed by atoms with Gasteiger partial charge in [-0.1, -0.05) is 60.8 Å². The SMILES string of the molecule is [2H]C(=O)[C@H](C(C)[C@H](CC)C(C)CC)[C@@H](C)CC. The highest BCUT2D eigenvalue weighted by Crippen LogP contribution is 2.34. The van der Waals surface area contributed by atoms with Crippen molar-refractivity contribution in [2.45, 2.75) is 60.8 Å². The van der Waals surface area contributed by atoms with E-state index in [0.29, 0.717) is 23.7 Å². The summed E-state index contributed by atoms with van der Waals surface area (Å²) < 4.78 is 7.53. The Morgan fingerprint density at radius 2 is 1.50 bits per heavy atom. The molecule has 0 aliphatic heterocycles. The van der Waals surface area contributed by atoms with Crippen molar-refractivity contribution >= 4 is 6.26 Å². The summed E-state index contributed by atoms with van der Waals surface area (Å²) in [6.45, 7) is 13.1. The van der Waals surface area contributed by atoms with Crippen LogP contribution in [-0.4, -0.2) is 6.26 Å². The van der Waals surface area contributed by atoms with Crippen molar-refractivity contribution in [3.63, 3.8) is 0 Å². The van der Waals surface area contributed by atoms with E-state index in [-0.39, 0.29) is 12.2 Å². The van der Waals surface area contributed by atoms with Gasteiger partial charge < -0.3 is 4.79 Å². The summed E-state index contributed by atoms with van der Waals surface area (Å²) in [4.78, 5) is 11.6. The molecular formula is C15H30O. The molecule has 96 valence electrons. The molecule has 0 heterocycles. The quantitative estimate of drug-likeness (QED) is 0.556. The average Bonchev–Trinajstić information content (AvgIpc) is 2.29. The first kappa shape index (κ1) is 13.7. The molecule has 0 rings (SSSR count). The Hall–Kier alpha value is -0.330. The first-order valence-electron chi connectivity index (χ1n) is 7.40. The minimum atomic E-state index is -0.367. The van der Waals surface area contributed by atoms with E-state index in [0.717, 1.165) is 19.3 Å². The van der Waals surface area contributed by atoms with Gasteiger partial charge in [0.25, 0.3) is 0 Å². The summed E-state index contributed by atoms with van der Waals surface area (Å²) in [6.07, 6.45) is 2.88. The number of hydrogen-bond acceptors (Lipinski definition) is 1. The molecular weight excluding hydrogens is 196 g/mol. The van der Waals surface area contributed by atoms with Crippen molar-refractivity contribution in [1.82, 2.24) is 0 Å². The Bertz CT molecular complexity index is 227. The lowest BCUT2D eigenvalue weighted by atomic mass is 9.71. The van der Waals surface area contributed by atoms with Gasteiger partial charge in [-0.05, 0) is 23.7 Å². The minimum absolute atomic E-state index is 0.0843. The predicted molar refractivity (Wildman–Crippen MR) is 71.4 cm³/mol. The molecule has 2 unspecified atom stereocenters. The lowest BCUT2D eigenvalue weighted by Crippen LogP contribution is -2.30. The highest BCUT2D eigenvalue weighted by Gasteiger charge is 2.30. The zero-order chi connectivity index (χ0) is 13.6. The lowest BCUT2D eigenvalue weighted by Gasteiger charge is -2.34. The van der Waals surface area contributed by atoms with Crippen LogP contribution in [0, 0.1) is 29.6 Å². The van der Waals surface area contributed by atoms with E-state index in [1.54, 1.807) is 0 Å². The van der Waals surface area contributed by atoms with Crippen molar-refractivity contribution in [2.24, 2.45) is 29.6 Å². The molecule has 0 aliphatic carbocycles. The lowest BCUT2D eigenvalue weighted by molar-refractivity contribution is -0.115. The van der Waals surface area contributed by atoms with E-state index in [1.165, 1.54) is 0 Å². The van der Waals surface area contributed by atoms with Gasteiger partial charge in [-0.25, -0.2) is 0 Å². The first-order chi connectivity index (χ1) is 7.90. The summed E-state index contributed by atoms with van der Waals surface area (Å²) in [5.41, 5.74) is 0. The largest absolute Gasteiger partial charge is 0.303 e. The maximum absolute atomic E-state index is 11.6. The Morgan fingerprint density at radius 3 is 1.81 bits per heavy atom. The molecule has 0 saturated heterocycles. The van der Waals surface area contributed by atoms with Crippen LogP contribution in [0.5, 0.6) is 0 Å². The van der Waals surface area contributed by atoms with Gasteiger partial charge in [-0.2, -0.15) is 0 Å². The third-order valence-electron chi connectivity index (χ3n) is 4.48. The Morgan fingerprint density at radius 1 is 1.00 bits per heavy atom. The fraction of sp³-hybridized carbons (Fsp3) is 0.933. The van der Waals surface area contributed by atoms with Gasteiger partial charge in [-0.15, -0.1) is 0 Å². The first-order valence-corrected chi connectivity index (χ1v) is 6.90. The summed E-state index contributed by atoms with van der Waals surface area (Å²) >= 11 is 0. The molecule has 0 aromatic rings. The molecule has 1 heteroatoms. The molecule has 0 spiro atoms. The van der Waals surface area contributed by atoms with Crippen LogP contribution in [-0.2, 0) is 4.79 Å². The molecule has 0 N–H and O–H groups in total. The van der Waals surface area contributed by atoms with E-state index in [2.05, 4.69) is 41.5 Å². The van der Waals surface area contributed by atoms with Crippen LogP contribution in [0.15, 0.2) is 0 Å². The van der Waals surface area contributed by atoms with E-state index in [4.69, 9.17) is 1.37 Å². The highest BCUT2D eigenvalue weighted by molar-refractivity contribution is 5.54. The van der Waals surface area contributed by atoms with Gasteiger partial charge in [0.15, 0.2) is 0 Å². The maximum atomic E-state index is 11.6. The molecule has 0 aliphatic rings. The third kappa shape index (κ3) is 3.92. The average molecular weight is 227 g/mol. The zero-order valence-corrected chi connectivity index (χ0v) is 11.9. The normalized spacial score (nSPS) is 21.8. The predicted octanol–water partition coefficient (Wildman–Crippen LogP) is 4.56. The molecule has 0 radical (unpaired) electrons. The standard InChI is InChI=1S/C15H30O/c1-7-11(4)14(9-3)13(6)15(10-16)12(5)8-2/h10-15H,7-9H2,1-6H3/t11?,12-,13?,14+,15-/m0/s1/i10D. The van der Waals surface area contributed by atoms with Crippen molar-refractivity contribution in [3.05, 3.63) is 0 Å². The second-order valence-corrected chi connectivity index (χ2v) is 5.35. The van der Waals surface area contributed by atoms with Gasteiger partial charge in [-0.3, -0.25) is 0 Å². The van der Waals surface area contributed by atoms with E-state index in [1.807, 2.05) is 0 Å². The summed E-state index contributed by atoms with van der Waals surface area (Å²) in [7, 11) is 0. The molecule has 0 fully saturated rings. The van der Waals surface area contributed by atoms with Crippen LogP contribution in [0.1, 0.15) is 62.2 Å². The van der Waals surface area contributed by atoms with Crippen LogP contribution < -0.4 is 0 Å². The third-order valence-corrected chi connectivity index (χ3v) is 4.48. The second kappa shape index (κ2) is 7.86. The minimum Gasteiger partial charge on any atom is -0.303 e. The van der Waals surface area contributed by atoms with Gasteiger partial charge in [0, 0.05) is 5.92 Å². The van der Waals surface area contributed by atoms with Crippen LogP contribution in [0.3, 0.4) is 0 Å². The highest BCUT2D eigenvalue weighted by atomic mass is 16.1. The molecule has 1 nitrogen and oxygen atoms in total. The topological polar surface area (TPSA) is 17.1 Å². The Balaban J connectivity index is 4.91. The Kier molecular flexibility index (Phi) is 6.75. The molecule has 0 amide bonds. The number of hydrogen-bond donors (Lipinski definition) is 0. The number of aldehydes is 1. The fourth-order valence-corrected chi connectivity index (χ4v) is 2.86. The monoisotopic (exact) mass is 227 g/mol. The van der Waals surface area contributed by atoms with Gasteiger partial charge in [0.2, 0.25) is 0 Å². The van der Waals surface area contributed by atoms with Crippen molar-refractivity contribution in [1.29, 1.82) is 0 Å². The molecule has 0 saturated carbocycles. The number of carbonyl (C=O) groups excluding carboxylic acids is 1. The van der Waals surface area contributed by atoms with Crippen LogP contribution >= 0.6 is 0 Å². The van der Waals surface area contributed by atoms with Crippen LogP contribution in [0.2, 0.25) is 0 Å². The summed E-state index contributed by atoms with van der Waals surface area (Å²) in [5.74, 6) is 1.77. The summed E-state index contributed by atoms with van der Waals surface area (Å²) in [6, 6.07) is 0. The van der Waals surface area contributed by atoms with E-state index in [9.17, 15) is 4.79 Å². The molecule has 0 aromatic carbocycles. The van der Waals surface area contributed by atoms with E-state index < -0.39 is 0 Å². The number of carbonyl (C=O) groups is 1. The molecule has 5 atom stereocenters. The van der Waals surface area contributed by atoms with Crippen LogP contribution in [0.4, 0.5) is 0 Å². The summed E-state index contributed by atoms with van der Waals surface area (Å²) in [5, 5.41) is 0. The number of rotatable bonds is 8. The maximum Gasteiger partial charge on any atom is 0.123 e. The van der Waals surface area contributed by atoms with Crippen molar-refractivity contribution in [3.8, 4) is 0 Å². The van der Waals surface area contributed by atoms with Crippen molar-refractivity contribution < 1.29 is 6.17 Å². The van der Waals surface area contributed by atoms with Crippen LogP contribution in [0.25, 0.3) is 0 Å². The second-order valence-electron chi connectivity index (χ2n) is 5.35. The smallest absolute Gasteiger partial charge is 0.123 e. The van der Waals surface area contributed by atoms with Gasteiger partial charge >= 0.3 is 0 Å². The molecule has 16 heavy (non-hydrogen) atoms. The molecule has 0 bridgehead atoms. The fourth-order valence-electron chi connectivity index (χ4n) is 2.86.